The number of hydrogen-bond donors (Lipinski definition) is 2. The summed E-state index contributed by atoms with van der Waals surface area (Å²) in [5, 5.41) is 5.47. The summed E-state index contributed by atoms with van der Waals surface area (Å²) in [4.78, 5) is 53.7. The van der Waals surface area contributed by atoms with Gasteiger partial charge >= 0.3 is 24.1 Å². The van der Waals surface area contributed by atoms with Gasteiger partial charge in [0.1, 0.15) is 13.2 Å². The molecule has 0 atom stereocenters. The number of esters is 2. The Morgan fingerprint density at radius 1 is 0.556 bits per heavy atom. The number of rotatable bonds is 14. The van der Waals surface area contributed by atoms with Crippen molar-refractivity contribution < 1.29 is 38.1 Å². The Kier molecular flexibility index (Phi) is 12.9. The Balaban J connectivity index is 1.67. The van der Waals surface area contributed by atoms with Crippen LogP contribution in [-0.4, -0.2) is 62.9 Å². The lowest BCUT2D eigenvalue weighted by Gasteiger charge is -2.48. The van der Waals surface area contributed by atoms with Crippen molar-refractivity contribution in [2.75, 3.05) is 38.8 Å². The van der Waals surface area contributed by atoms with Crippen molar-refractivity contribution in [3.63, 3.8) is 0 Å². The van der Waals surface area contributed by atoms with E-state index in [9.17, 15) is 19.2 Å². The van der Waals surface area contributed by atoms with Crippen molar-refractivity contribution in [2.24, 2.45) is 0 Å². The van der Waals surface area contributed by atoms with Gasteiger partial charge in [-0.15, -0.1) is 23.5 Å². The monoisotopic (exact) mass is 766 g/mol. The molecule has 2 amide bonds. The highest BCUT2D eigenvalue weighted by Crippen LogP contribution is 2.56. The third-order valence-electron chi connectivity index (χ3n) is 8.76. The molecule has 0 unspecified atom stereocenters. The minimum absolute atomic E-state index is 0.0146. The molecular formula is C42H42N2O8S2. The largest absolute Gasteiger partial charge is 0.460 e. The van der Waals surface area contributed by atoms with Crippen LogP contribution in [0.1, 0.15) is 47.2 Å². The predicted octanol–water partition coefficient (Wildman–Crippen LogP) is 7.72. The summed E-state index contributed by atoms with van der Waals surface area (Å²) in [5.41, 5.74) is 0.942. The van der Waals surface area contributed by atoms with Gasteiger partial charge in [-0.1, -0.05) is 86.0 Å². The van der Waals surface area contributed by atoms with E-state index in [4.69, 9.17) is 18.9 Å². The number of hydrogen-bond acceptors (Lipinski definition) is 10. The summed E-state index contributed by atoms with van der Waals surface area (Å²) in [6.45, 7) is 10.1. The Morgan fingerprint density at radius 2 is 0.870 bits per heavy atom. The second kappa shape index (κ2) is 17.6. The van der Waals surface area contributed by atoms with Gasteiger partial charge in [-0.25, -0.2) is 19.2 Å². The van der Waals surface area contributed by atoms with Gasteiger partial charge in [0.25, 0.3) is 0 Å². The first kappa shape index (κ1) is 39.7. The zero-order valence-electron chi connectivity index (χ0n) is 30.6. The van der Waals surface area contributed by atoms with Crippen molar-refractivity contribution in [2.45, 2.75) is 34.8 Å². The summed E-state index contributed by atoms with van der Waals surface area (Å²) in [6, 6.07) is 30.3. The summed E-state index contributed by atoms with van der Waals surface area (Å²) < 4.78 is 23.6. The molecule has 1 aliphatic rings. The second-order valence-corrected chi connectivity index (χ2v) is 14.1. The van der Waals surface area contributed by atoms with E-state index in [1.165, 1.54) is 0 Å². The number of nitrogens with one attached hydrogen (secondary N) is 2. The van der Waals surface area contributed by atoms with Crippen LogP contribution < -0.4 is 10.6 Å². The SMILES string of the molecule is C=C(C)C(=O)OCCNC(=O)OC1(c2ccc(SC)cc2)c2ccccc2C(OC(=O)NCCOC(=O)C(=C)C)(c2ccc(SC)cc2)c2ccccc21. The first-order valence-corrected chi connectivity index (χ1v) is 19.5. The van der Waals surface area contributed by atoms with Gasteiger partial charge in [-0.2, -0.15) is 0 Å². The molecule has 0 bridgehead atoms. The van der Waals surface area contributed by atoms with Gasteiger partial charge in [0.2, 0.25) is 0 Å². The van der Waals surface area contributed by atoms with E-state index in [0.29, 0.717) is 33.4 Å². The number of thioether (sulfide) groups is 2. The van der Waals surface area contributed by atoms with Gasteiger partial charge in [-0.05, 0) is 50.6 Å². The molecule has 54 heavy (non-hydrogen) atoms. The van der Waals surface area contributed by atoms with Crippen LogP contribution in [0.5, 0.6) is 0 Å². The van der Waals surface area contributed by atoms with E-state index in [1.807, 2.05) is 110 Å². The number of fused-ring (bicyclic) bond motifs is 2. The fourth-order valence-corrected chi connectivity index (χ4v) is 7.10. The molecule has 2 N–H and O–H groups in total. The number of carbonyl (C=O) groups is 4. The highest BCUT2D eigenvalue weighted by molar-refractivity contribution is 7.98. The van der Waals surface area contributed by atoms with E-state index in [0.717, 1.165) is 9.79 Å². The maximum Gasteiger partial charge on any atom is 0.408 e. The van der Waals surface area contributed by atoms with E-state index in [1.54, 1.807) is 37.4 Å². The Hall–Kier alpha value is -5.46. The quantitative estimate of drug-likeness (QED) is 0.0433. The third-order valence-corrected chi connectivity index (χ3v) is 10.2. The molecule has 0 saturated heterocycles. The summed E-state index contributed by atoms with van der Waals surface area (Å²) in [6.07, 6.45) is 2.42. The highest BCUT2D eigenvalue weighted by atomic mass is 32.2. The van der Waals surface area contributed by atoms with E-state index in [2.05, 4.69) is 23.8 Å². The van der Waals surface area contributed by atoms with E-state index < -0.39 is 35.3 Å². The molecule has 0 spiro atoms. The third kappa shape index (κ3) is 8.19. The zero-order valence-corrected chi connectivity index (χ0v) is 32.2. The number of carbonyl (C=O) groups excluding carboxylic acids is 4. The predicted molar refractivity (Wildman–Crippen MR) is 210 cm³/mol. The topological polar surface area (TPSA) is 129 Å². The van der Waals surface area contributed by atoms with Crippen LogP contribution in [-0.2, 0) is 39.7 Å². The maximum absolute atomic E-state index is 13.9. The van der Waals surface area contributed by atoms with E-state index >= 15 is 0 Å². The first-order chi connectivity index (χ1) is 26.0. The molecule has 0 saturated carbocycles. The van der Waals surface area contributed by atoms with Gasteiger partial charge in [0, 0.05) is 54.3 Å². The lowest BCUT2D eigenvalue weighted by Crippen LogP contribution is -2.50. The van der Waals surface area contributed by atoms with Crippen LogP contribution in [0.4, 0.5) is 9.59 Å². The van der Waals surface area contributed by atoms with E-state index in [-0.39, 0.29) is 37.4 Å². The average Bonchev–Trinajstić information content (AvgIpc) is 3.19. The average molecular weight is 767 g/mol. The number of amides is 2. The summed E-state index contributed by atoms with van der Waals surface area (Å²) >= 11 is 3.16. The minimum Gasteiger partial charge on any atom is -0.460 e. The van der Waals surface area contributed by atoms with Crippen molar-refractivity contribution in [3.8, 4) is 0 Å². The molecule has 10 nitrogen and oxygen atoms in total. The Morgan fingerprint density at radius 3 is 1.15 bits per heavy atom. The lowest BCUT2D eigenvalue weighted by atomic mass is 9.63. The second-order valence-electron chi connectivity index (χ2n) is 12.4. The van der Waals surface area contributed by atoms with Crippen LogP contribution in [0.25, 0.3) is 0 Å². The van der Waals surface area contributed by atoms with Gasteiger partial charge in [0.05, 0.1) is 13.1 Å². The van der Waals surface area contributed by atoms with Crippen LogP contribution in [0.2, 0.25) is 0 Å². The van der Waals surface area contributed by atoms with Crippen LogP contribution in [0.3, 0.4) is 0 Å². The summed E-state index contributed by atoms with van der Waals surface area (Å²) in [5.74, 6) is -1.13. The van der Waals surface area contributed by atoms with Crippen molar-refractivity contribution >= 4 is 47.6 Å². The Labute approximate surface area is 323 Å². The number of ether oxygens (including phenoxy) is 4. The smallest absolute Gasteiger partial charge is 0.408 e. The van der Waals surface area contributed by atoms with Crippen molar-refractivity contribution in [1.29, 1.82) is 0 Å². The van der Waals surface area contributed by atoms with Gasteiger partial charge in [-0.3, -0.25) is 0 Å². The molecule has 4 aromatic carbocycles. The zero-order chi connectivity index (χ0) is 38.9. The molecule has 0 heterocycles. The molecule has 1 aliphatic carbocycles. The standard InChI is InChI=1S/C42H42N2O8S2/c1-27(2)37(45)49-25-23-43-39(47)51-41(29-15-19-31(53-5)20-16-29)33-11-7-9-13-35(33)42(36-14-10-8-12-34(36)41,30-17-21-32(54-6)22-18-30)52-40(48)44-24-26-50-38(46)28(3)4/h7-22H,1,3,23-26H2,2,4-6H3,(H,43,47)(H,44,48). The molecule has 0 aliphatic heterocycles. The first-order valence-electron chi connectivity index (χ1n) is 17.1. The van der Waals surface area contributed by atoms with Crippen molar-refractivity contribution in [3.05, 3.63) is 155 Å². The normalized spacial score (nSPS) is 16.8. The molecule has 0 fully saturated rings. The Bertz CT molecular complexity index is 1850. The number of alkyl carbamates (subject to hydrolysis) is 2. The molecule has 0 aromatic heterocycles. The fraction of sp³-hybridized carbons (Fsp3) is 0.238. The molecular weight excluding hydrogens is 725 g/mol. The molecule has 5 rings (SSSR count). The molecule has 12 heteroatoms. The highest BCUT2D eigenvalue weighted by Gasteiger charge is 2.56. The molecule has 280 valence electrons. The van der Waals surface area contributed by atoms with Gasteiger partial charge < -0.3 is 29.6 Å². The van der Waals surface area contributed by atoms with Gasteiger partial charge in [0.15, 0.2) is 11.2 Å². The van der Waals surface area contributed by atoms with Crippen LogP contribution in [0, 0.1) is 0 Å². The fourth-order valence-electron chi connectivity index (χ4n) is 6.29. The lowest BCUT2D eigenvalue weighted by molar-refractivity contribution is -0.139. The maximum atomic E-state index is 13.9. The van der Waals surface area contributed by atoms with Crippen LogP contribution >= 0.6 is 23.5 Å². The van der Waals surface area contributed by atoms with Crippen LogP contribution in [0.15, 0.2) is 131 Å². The summed E-state index contributed by atoms with van der Waals surface area (Å²) in [7, 11) is 0. The molecule has 0 radical (unpaired) electrons. The molecule has 4 aromatic rings. The number of benzene rings is 4. The minimum atomic E-state index is -1.54. The van der Waals surface area contributed by atoms with Crippen molar-refractivity contribution in [1.82, 2.24) is 10.6 Å².